The summed E-state index contributed by atoms with van der Waals surface area (Å²) in [6.07, 6.45) is 3.07. The first kappa shape index (κ1) is 7.73. The van der Waals surface area contributed by atoms with Gasteiger partial charge in [-0.2, -0.15) is 0 Å². The number of rotatable bonds is 2. The van der Waals surface area contributed by atoms with Crippen LogP contribution in [0.4, 0.5) is 0 Å². The minimum atomic E-state index is 0.727. The number of aromatic nitrogens is 1. The van der Waals surface area contributed by atoms with Gasteiger partial charge in [0.25, 0.3) is 0 Å². The summed E-state index contributed by atoms with van der Waals surface area (Å²) in [5, 5.41) is 1.27. The van der Waals surface area contributed by atoms with Crippen molar-refractivity contribution in [2.24, 2.45) is 5.92 Å². The lowest BCUT2D eigenvalue weighted by atomic mass is 10.1. The van der Waals surface area contributed by atoms with Crippen LogP contribution in [0.25, 0.3) is 0 Å². The molecule has 0 saturated heterocycles. The van der Waals surface area contributed by atoms with Gasteiger partial charge in [-0.3, -0.25) is 0 Å². The fraction of sp³-hybridized carbons (Fsp3) is 0.625. The summed E-state index contributed by atoms with van der Waals surface area (Å²) in [5.74, 6) is 0.727. The molecule has 0 aromatic carbocycles. The Morgan fingerprint density at radius 1 is 1.60 bits per heavy atom. The Balaban J connectivity index is 2.58. The number of nitrogens with zero attached hydrogens (tertiary/aromatic N) is 1. The third-order valence-electron chi connectivity index (χ3n) is 1.25. The summed E-state index contributed by atoms with van der Waals surface area (Å²) < 4.78 is 0. The van der Waals surface area contributed by atoms with E-state index >= 15 is 0 Å². The second-order valence-corrected chi connectivity index (χ2v) is 4.28. The maximum atomic E-state index is 4.27. The van der Waals surface area contributed by atoms with E-state index in [9.17, 15) is 0 Å². The Morgan fingerprint density at radius 3 is 2.70 bits per heavy atom. The predicted molar refractivity (Wildman–Crippen MR) is 45.4 cm³/mol. The molecule has 1 aromatic heterocycles. The molecule has 0 aliphatic carbocycles. The minimum absolute atomic E-state index is 0.727. The Morgan fingerprint density at radius 2 is 2.30 bits per heavy atom. The number of hydrogen-bond donors (Lipinski definition) is 0. The number of hydrogen-bond acceptors (Lipinski definition) is 2. The van der Waals surface area contributed by atoms with Gasteiger partial charge in [-0.1, -0.05) is 13.8 Å². The Labute approximate surface area is 66.1 Å². The van der Waals surface area contributed by atoms with E-state index in [1.54, 1.807) is 11.3 Å². The lowest BCUT2D eigenvalue weighted by Crippen LogP contribution is -1.91. The van der Waals surface area contributed by atoms with Gasteiger partial charge in [0.05, 0.1) is 5.01 Å². The van der Waals surface area contributed by atoms with Crippen molar-refractivity contribution in [3.63, 3.8) is 0 Å². The first-order valence-electron chi connectivity index (χ1n) is 3.60. The average Bonchev–Trinajstić information content (AvgIpc) is 2.13. The minimum Gasteiger partial charge on any atom is -0.249 e. The summed E-state index contributed by atoms with van der Waals surface area (Å²) in [6.45, 7) is 6.54. The van der Waals surface area contributed by atoms with Crippen LogP contribution in [0.3, 0.4) is 0 Å². The highest BCUT2D eigenvalue weighted by atomic mass is 32.1. The standard InChI is InChI=1S/C8H13NS/c1-6(2)4-8-9-5-7(3)10-8/h5-6H,4H2,1-3H3. The van der Waals surface area contributed by atoms with Crippen LogP contribution in [0.15, 0.2) is 6.20 Å². The third kappa shape index (κ3) is 2.10. The van der Waals surface area contributed by atoms with Crippen LogP contribution in [0.5, 0.6) is 0 Å². The largest absolute Gasteiger partial charge is 0.249 e. The van der Waals surface area contributed by atoms with Crippen LogP contribution in [-0.2, 0) is 6.42 Å². The average molecular weight is 155 g/mol. The van der Waals surface area contributed by atoms with Crippen molar-refractivity contribution in [2.75, 3.05) is 0 Å². The molecule has 0 saturated carbocycles. The normalized spacial score (nSPS) is 10.8. The van der Waals surface area contributed by atoms with Crippen molar-refractivity contribution in [2.45, 2.75) is 27.2 Å². The number of aryl methyl sites for hydroxylation is 1. The molecule has 56 valence electrons. The highest BCUT2D eigenvalue weighted by molar-refractivity contribution is 7.11. The Hall–Kier alpha value is -0.370. The second kappa shape index (κ2) is 3.15. The highest BCUT2D eigenvalue weighted by Crippen LogP contribution is 2.14. The maximum absolute atomic E-state index is 4.27. The van der Waals surface area contributed by atoms with E-state index in [0.29, 0.717) is 0 Å². The van der Waals surface area contributed by atoms with E-state index in [0.717, 1.165) is 12.3 Å². The van der Waals surface area contributed by atoms with Gasteiger partial charge in [-0.05, 0) is 12.8 Å². The molecule has 0 aliphatic heterocycles. The molecule has 0 radical (unpaired) electrons. The zero-order chi connectivity index (χ0) is 7.56. The van der Waals surface area contributed by atoms with Gasteiger partial charge < -0.3 is 0 Å². The van der Waals surface area contributed by atoms with Gasteiger partial charge in [0, 0.05) is 17.5 Å². The van der Waals surface area contributed by atoms with Crippen LogP contribution in [0.1, 0.15) is 23.7 Å². The molecule has 1 heterocycles. The van der Waals surface area contributed by atoms with E-state index < -0.39 is 0 Å². The summed E-state index contributed by atoms with van der Waals surface area (Å²) in [7, 11) is 0. The van der Waals surface area contributed by atoms with Gasteiger partial charge in [-0.15, -0.1) is 11.3 Å². The molecular formula is C8H13NS. The molecule has 0 N–H and O–H groups in total. The molecule has 0 spiro atoms. The monoisotopic (exact) mass is 155 g/mol. The van der Waals surface area contributed by atoms with E-state index in [1.807, 2.05) is 6.20 Å². The summed E-state index contributed by atoms with van der Waals surface area (Å²) in [6, 6.07) is 0. The lowest BCUT2D eigenvalue weighted by molar-refractivity contribution is 0.644. The fourth-order valence-electron chi connectivity index (χ4n) is 0.845. The summed E-state index contributed by atoms with van der Waals surface area (Å²) >= 11 is 1.80. The molecule has 0 fully saturated rings. The van der Waals surface area contributed by atoms with Gasteiger partial charge >= 0.3 is 0 Å². The molecule has 0 atom stereocenters. The van der Waals surface area contributed by atoms with E-state index in [2.05, 4.69) is 25.8 Å². The maximum Gasteiger partial charge on any atom is 0.0930 e. The van der Waals surface area contributed by atoms with Gasteiger partial charge in [0.2, 0.25) is 0 Å². The second-order valence-electron chi connectivity index (χ2n) is 2.96. The van der Waals surface area contributed by atoms with Crippen molar-refractivity contribution >= 4 is 11.3 Å². The topological polar surface area (TPSA) is 12.9 Å². The van der Waals surface area contributed by atoms with E-state index in [4.69, 9.17) is 0 Å². The first-order valence-corrected chi connectivity index (χ1v) is 4.41. The molecule has 1 nitrogen and oxygen atoms in total. The molecular weight excluding hydrogens is 142 g/mol. The molecule has 0 amide bonds. The lowest BCUT2D eigenvalue weighted by Gasteiger charge is -1.97. The van der Waals surface area contributed by atoms with Gasteiger partial charge in [0.15, 0.2) is 0 Å². The van der Waals surface area contributed by atoms with Crippen molar-refractivity contribution in [1.29, 1.82) is 0 Å². The molecule has 0 unspecified atom stereocenters. The van der Waals surface area contributed by atoms with Crippen LogP contribution >= 0.6 is 11.3 Å². The molecule has 1 aromatic rings. The zero-order valence-electron chi connectivity index (χ0n) is 6.72. The molecule has 10 heavy (non-hydrogen) atoms. The Kier molecular flexibility index (Phi) is 2.44. The van der Waals surface area contributed by atoms with Crippen molar-refractivity contribution in [1.82, 2.24) is 4.98 Å². The smallest absolute Gasteiger partial charge is 0.0930 e. The highest BCUT2D eigenvalue weighted by Gasteiger charge is 2.00. The zero-order valence-corrected chi connectivity index (χ0v) is 7.53. The summed E-state index contributed by atoms with van der Waals surface area (Å²) in [4.78, 5) is 5.59. The van der Waals surface area contributed by atoms with E-state index in [1.165, 1.54) is 9.88 Å². The van der Waals surface area contributed by atoms with Gasteiger partial charge in [0.1, 0.15) is 0 Å². The van der Waals surface area contributed by atoms with Crippen LogP contribution in [0, 0.1) is 12.8 Å². The fourth-order valence-corrected chi connectivity index (χ4v) is 1.84. The quantitative estimate of drug-likeness (QED) is 0.640. The Bertz CT molecular complexity index is 203. The van der Waals surface area contributed by atoms with Crippen molar-refractivity contribution in [3.8, 4) is 0 Å². The predicted octanol–water partition coefficient (Wildman–Crippen LogP) is 2.65. The van der Waals surface area contributed by atoms with Crippen LogP contribution in [0.2, 0.25) is 0 Å². The van der Waals surface area contributed by atoms with Crippen molar-refractivity contribution < 1.29 is 0 Å². The SMILES string of the molecule is Cc1cnc(CC(C)C)s1. The van der Waals surface area contributed by atoms with Gasteiger partial charge in [-0.25, -0.2) is 4.98 Å². The molecule has 1 rings (SSSR count). The number of thiazole rings is 1. The molecule has 2 heteroatoms. The summed E-state index contributed by atoms with van der Waals surface area (Å²) in [5.41, 5.74) is 0. The third-order valence-corrected chi connectivity index (χ3v) is 2.19. The van der Waals surface area contributed by atoms with E-state index in [-0.39, 0.29) is 0 Å². The van der Waals surface area contributed by atoms with Crippen molar-refractivity contribution in [3.05, 3.63) is 16.1 Å². The molecule has 0 bridgehead atoms. The van der Waals surface area contributed by atoms with Crippen LogP contribution < -0.4 is 0 Å². The molecule has 0 aliphatic rings. The first-order chi connectivity index (χ1) is 4.68. The van der Waals surface area contributed by atoms with Crippen LogP contribution in [-0.4, -0.2) is 4.98 Å².